The molecule has 0 atom stereocenters. The SMILES string of the molecule is CCN(CC)C(=O)CNCCCN1CCCC1. The van der Waals surface area contributed by atoms with Crippen molar-refractivity contribution in [2.24, 2.45) is 0 Å². The average Bonchev–Trinajstić information content (AvgIpc) is 2.83. The summed E-state index contributed by atoms with van der Waals surface area (Å²) in [6.07, 6.45) is 3.85. The quantitative estimate of drug-likeness (QED) is 0.642. The van der Waals surface area contributed by atoms with Crippen LogP contribution in [0.4, 0.5) is 0 Å². The zero-order valence-electron chi connectivity index (χ0n) is 11.4. The van der Waals surface area contributed by atoms with Gasteiger partial charge in [-0.05, 0) is 59.3 Å². The van der Waals surface area contributed by atoms with Crippen LogP contribution in [0.2, 0.25) is 0 Å². The van der Waals surface area contributed by atoms with Crippen LogP contribution in [-0.2, 0) is 4.79 Å². The van der Waals surface area contributed by atoms with E-state index in [1.54, 1.807) is 0 Å². The third-order valence-electron chi connectivity index (χ3n) is 3.42. The fraction of sp³-hybridized carbons (Fsp3) is 0.923. The first kappa shape index (κ1) is 14.5. The maximum Gasteiger partial charge on any atom is 0.236 e. The van der Waals surface area contributed by atoms with Gasteiger partial charge in [0.05, 0.1) is 6.54 Å². The third-order valence-corrected chi connectivity index (χ3v) is 3.42. The Morgan fingerprint density at radius 2 is 1.88 bits per heavy atom. The first-order valence-electron chi connectivity index (χ1n) is 6.98. The summed E-state index contributed by atoms with van der Waals surface area (Å²) in [5, 5.41) is 3.24. The minimum absolute atomic E-state index is 0.219. The first-order chi connectivity index (χ1) is 8.27. The van der Waals surface area contributed by atoms with E-state index in [1.807, 2.05) is 18.7 Å². The molecule has 1 saturated heterocycles. The molecule has 0 saturated carbocycles. The zero-order valence-corrected chi connectivity index (χ0v) is 11.4. The van der Waals surface area contributed by atoms with Gasteiger partial charge in [0.1, 0.15) is 0 Å². The fourth-order valence-electron chi connectivity index (χ4n) is 2.32. The maximum absolute atomic E-state index is 11.7. The molecule has 0 spiro atoms. The third kappa shape index (κ3) is 5.50. The highest BCUT2D eigenvalue weighted by atomic mass is 16.2. The Balaban J connectivity index is 1.97. The number of likely N-dealkylation sites (N-methyl/N-ethyl adjacent to an activating group) is 1. The summed E-state index contributed by atoms with van der Waals surface area (Å²) in [6, 6.07) is 0. The summed E-state index contributed by atoms with van der Waals surface area (Å²) in [7, 11) is 0. The van der Waals surface area contributed by atoms with Gasteiger partial charge in [-0.25, -0.2) is 0 Å². The molecule has 1 amide bonds. The van der Waals surface area contributed by atoms with Crippen molar-refractivity contribution in [3.05, 3.63) is 0 Å². The number of nitrogens with zero attached hydrogens (tertiary/aromatic N) is 2. The molecule has 0 aromatic carbocycles. The van der Waals surface area contributed by atoms with Gasteiger partial charge in [0, 0.05) is 13.1 Å². The minimum Gasteiger partial charge on any atom is -0.342 e. The topological polar surface area (TPSA) is 35.6 Å². The van der Waals surface area contributed by atoms with Crippen molar-refractivity contribution < 1.29 is 4.79 Å². The Kier molecular flexibility index (Phi) is 7.21. The minimum atomic E-state index is 0.219. The number of nitrogens with one attached hydrogen (secondary N) is 1. The number of hydrogen-bond donors (Lipinski definition) is 1. The second-order valence-electron chi connectivity index (χ2n) is 4.65. The number of carbonyl (C=O) groups excluding carboxylic acids is 1. The average molecular weight is 241 g/mol. The largest absolute Gasteiger partial charge is 0.342 e. The van der Waals surface area contributed by atoms with Crippen LogP contribution < -0.4 is 5.32 Å². The highest BCUT2D eigenvalue weighted by Gasteiger charge is 2.11. The molecule has 0 unspecified atom stereocenters. The van der Waals surface area contributed by atoms with Gasteiger partial charge in [-0.15, -0.1) is 0 Å². The summed E-state index contributed by atoms with van der Waals surface area (Å²) >= 11 is 0. The van der Waals surface area contributed by atoms with E-state index in [4.69, 9.17) is 0 Å². The maximum atomic E-state index is 11.7. The standard InChI is InChI=1S/C13H27N3O/c1-3-16(4-2)13(17)12-14-8-7-11-15-9-5-6-10-15/h14H,3-12H2,1-2H3. The molecule has 0 aromatic rings. The second kappa shape index (κ2) is 8.48. The summed E-state index contributed by atoms with van der Waals surface area (Å²) in [4.78, 5) is 16.1. The van der Waals surface area contributed by atoms with E-state index < -0.39 is 0 Å². The van der Waals surface area contributed by atoms with Crippen molar-refractivity contribution in [1.29, 1.82) is 0 Å². The smallest absolute Gasteiger partial charge is 0.236 e. The van der Waals surface area contributed by atoms with Crippen LogP contribution in [0.5, 0.6) is 0 Å². The van der Waals surface area contributed by atoms with Gasteiger partial charge in [0.2, 0.25) is 5.91 Å². The van der Waals surface area contributed by atoms with Crippen LogP contribution >= 0.6 is 0 Å². The van der Waals surface area contributed by atoms with Gasteiger partial charge in [-0.1, -0.05) is 0 Å². The summed E-state index contributed by atoms with van der Waals surface area (Å²) < 4.78 is 0. The predicted molar refractivity (Wildman–Crippen MR) is 71.1 cm³/mol. The van der Waals surface area contributed by atoms with E-state index in [-0.39, 0.29) is 5.91 Å². The van der Waals surface area contributed by atoms with Crippen LogP contribution in [0, 0.1) is 0 Å². The molecule has 4 heteroatoms. The Hall–Kier alpha value is -0.610. The summed E-state index contributed by atoms with van der Waals surface area (Å²) in [5.41, 5.74) is 0. The Morgan fingerprint density at radius 3 is 2.47 bits per heavy atom. The highest BCUT2D eigenvalue weighted by molar-refractivity contribution is 5.78. The molecule has 1 aliphatic heterocycles. The molecule has 100 valence electrons. The van der Waals surface area contributed by atoms with Crippen molar-refractivity contribution in [2.75, 3.05) is 45.8 Å². The van der Waals surface area contributed by atoms with Gasteiger partial charge in [-0.3, -0.25) is 4.79 Å². The molecule has 4 nitrogen and oxygen atoms in total. The zero-order chi connectivity index (χ0) is 12.5. The van der Waals surface area contributed by atoms with Crippen molar-refractivity contribution in [1.82, 2.24) is 15.1 Å². The van der Waals surface area contributed by atoms with Crippen LogP contribution in [0.3, 0.4) is 0 Å². The highest BCUT2D eigenvalue weighted by Crippen LogP contribution is 2.06. The van der Waals surface area contributed by atoms with Crippen molar-refractivity contribution >= 4 is 5.91 Å². The van der Waals surface area contributed by atoms with Crippen molar-refractivity contribution in [3.63, 3.8) is 0 Å². The van der Waals surface area contributed by atoms with Crippen LogP contribution in [0.25, 0.3) is 0 Å². The van der Waals surface area contributed by atoms with E-state index in [1.165, 1.54) is 32.5 Å². The molecule has 1 aliphatic rings. The van der Waals surface area contributed by atoms with Gasteiger partial charge < -0.3 is 15.1 Å². The number of rotatable bonds is 8. The Labute approximate surface area is 105 Å². The van der Waals surface area contributed by atoms with Gasteiger partial charge in [0.15, 0.2) is 0 Å². The lowest BCUT2D eigenvalue weighted by molar-refractivity contribution is -0.129. The molecule has 1 heterocycles. The lowest BCUT2D eigenvalue weighted by Crippen LogP contribution is -2.38. The normalized spacial score (nSPS) is 16.4. The summed E-state index contributed by atoms with van der Waals surface area (Å²) in [5.74, 6) is 0.219. The van der Waals surface area contributed by atoms with Crippen molar-refractivity contribution in [3.8, 4) is 0 Å². The molecule has 1 rings (SSSR count). The first-order valence-corrected chi connectivity index (χ1v) is 6.98. The molecular weight excluding hydrogens is 214 g/mol. The lowest BCUT2D eigenvalue weighted by atomic mass is 10.3. The number of amides is 1. The Morgan fingerprint density at radius 1 is 1.24 bits per heavy atom. The predicted octanol–water partition coefficient (Wildman–Crippen LogP) is 0.930. The van der Waals surface area contributed by atoms with Gasteiger partial charge in [-0.2, -0.15) is 0 Å². The van der Waals surface area contributed by atoms with Crippen molar-refractivity contribution in [2.45, 2.75) is 33.1 Å². The molecule has 17 heavy (non-hydrogen) atoms. The van der Waals surface area contributed by atoms with E-state index in [2.05, 4.69) is 10.2 Å². The lowest BCUT2D eigenvalue weighted by Gasteiger charge is -2.19. The van der Waals surface area contributed by atoms with E-state index in [0.29, 0.717) is 6.54 Å². The van der Waals surface area contributed by atoms with E-state index in [9.17, 15) is 4.79 Å². The second-order valence-corrected chi connectivity index (χ2v) is 4.65. The van der Waals surface area contributed by atoms with E-state index >= 15 is 0 Å². The molecule has 0 aromatic heterocycles. The number of hydrogen-bond acceptors (Lipinski definition) is 3. The molecular formula is C13H27N3O. The molecule has 0 bridgehead atoms. The van der Waals surface area contributed by atoms with Gasteiger partial charge in [0.25, 0.3) is 0 Å². The van der Waals surface area contributed by atoms with Crippen LogP contribution in [-0.4, -0.2) is 61.5 Å². The molecule has 0 radical (unpaired) electrons. The molecule has 1 fully saturated rings. The summed E-state index contributed by atoms with van der Waals surface area (Å²) in [6.45, 7) is 10.8. The van der Waals surface area contributed by atoms with Gasteiger partial charge >= 0.3 is 0 Å². The number of carbonyl (C=O) groups is 1. The van der Waals surface area contributed by atoms with E-state index in [0.717, 1.165) is 26.1 Å². The fourth-order valence-corrected chi connectivity index (χ4v) is 2.32. The number of likely N-dealkylation sites (tertiary alicyclic amines) is 1. The molecule has 1 N–H and O–H groups in total. The molecule has 0 aliphatic carbocycles. The Bertz CT molecular complexity index is 211. The van der Waals surface area contributed by atoms with Crippen LogP contribution in [0.1, 0.15) is 33.1 Å². The van der Waals surface area contributed by atoms with Crippen LogP contribution in [0.15, 0.2) is 0 Å². The monoisotopic (exact) mass is 241 g/mol.